The molecular weight excluding hydrogens is 558 g/mol. The number of imidazole rings is 1. The van der Waals surface area contributed by atoms with Gasteiger partial charge in [0.25, 0.3) is 11.5 Å². The molecule has 4 N–H and O–H groups in total. The minimum atomic E-state index is -1.05. The molecule has 5 aromatic rings. The number of halogens is 1. The molecule has 0 fully saturated rings. The summed E-state index contributed by atoms with van der Waals surface area (Å²) in [5.41, 5.74) is 0.762. The number of aromatic amines is 2. The van der Waals surface area contributed by atoms with Crippen molar-refractivity contribution in [2.75, 3.05) is 6.61 Å². The van der Waals surface area contributed by atoms with Crippen molar-refractivity contribution in [3.63, 3.8) is 0 Å². The monoisotopic (exact) mass is 581 g/mol. The molecule has 196 valence electrons. The molecule has 0 aliphatic rings. The van der Waals surface area contributed by atoms with Crippen molar-refractivity contribution >= 4 is 49.6 Å². The second-order valence-electron chi connectivity index (χ2n) is 8.69. The van der Waals surface area contributed by atoms with E-state index in [1.807, 2.05) is 30.3 Å². The van der Waals surface area contributed by atoms with Gasteiger partial charge in [0.2, 0.25) is 5.88 Å². The van der Waals surface area contributed by atoms with Crippen molar-refractivity contribution in [3.8, 4) is 11.6 Å². The van der Waals surface area contributed by atoms with Crippen molar-refractivity contribution in [1.82, 2.24) is 24.1 Å². The van der Waals surface area contributed by atoms with Gasteiger partial charge >= 0.3 is 5.69 Å². The van der Waals surface area contributed by atoms with Crippen molar-refractivity contribution in [2.45, 2.75) is 26.0 Å². The van der Waals surface area contributed by atoms with E-state index in [0.29, 0.717) is 16.7 Å². The minimum Gasteiger partial charge on any atom is -0.493 e. The van der Waals surface area contributed by atoms with Gasteiger partial charge in [0.05, 0.1) is 12.1 Å². The van der Waals surface area contributed by atoms with E-state index in [0.717, 1.165) is 16.5 Å². The van der Waals surface area contributed by atoms with E-state index < -0.39 is 17.4 Å². The standard InChI is InChI=1S/C25H24BrN7O5/c1-3-13-4-7-16(8-5-13)38-12-15(34)11-33-20-21(32(2)25(37)29-23(20)36)28-24(33)31-30-19-17-10-14(26)6-9-18(17)27-22(19)35/h4-10,15,27,34-35H,3,11-12H2,1-2H3,(H,29,36,37). The molecule has 0 aliphatic carbocycles. The number of nitrogens with one attached hydrogen (secondary N) is 2. The van der Waals surface area contributed by atoms with Crippen molar-refractivity contribution in [2.24, 2.45) is 17.3 Å². The zero-order valence-corrected chi connectivity index (χ0v) is 22.1. The van der Waals surface area contributed by atoms with Crippen LogP contribution in [0.15, 0.2) is 66.8 Å². The number of hydrogen-bond acceptors (Lipinski definition) is 8. The highest BCUT2D eigenvalue weighted by molar-refractivity contribution is 9.10. The lowest BCUT2D eigenvalue weighted by atomic mass is 10.2. The molecule has 0 bridgehead atoms. The van der Waals surface area contributed by atoms with E-state index in [2.05, 4.69) is 48.0 Å². The molecule has 38 heavy (non-hydrogen) atoms. The third kappa shape index (κ3) is 4.85. The van der Waals surface area contributed by atoms with Crippen LogP contribution in [0.25, 0.3) is 22.1 Å². The second-order valence-corrected chi connectivity index (χ2v) is 9.60. The molecule has 1 atom stereocenters. The highest BCUT2D eigenvalue weighted by atomic mass is 79.9. The second kappa shape index (κ2) is 10.3. The number of azo groups is 1. The molecule has 0 amide bonds. The van der Waals surface area contributed by atoms with Crippen molar-refractivity contribution < 1.29 is 14.9 Å². The number of aliphatic hydroxyl groups is 1. The van der Waals surface area contributed by atoms with Gasteiger partial charge in [0.1, 0.15) is 18.5 Å². The Morgan fingerprint density at radius 1 is 1.13 bits per heavy atom. The largest absolute Gasteiger partial charge is 0.493 e. The Morgan fingerprint density at radius 3 is 2.63 bits per heavy atom. The van der Waals surface area contributed by atoms with Gasteiger partial charge in [-0.05, 0) is 42.3 Å². The lowest BCUT2D eigenvalue weighted by molar-refractivity contribution is 0.0937. The fourth-order valence-electron chi connectivity index (χ4n) is 4.08. The average molecular weight is 582 g/mol. The zero-order chi connectivity index (χ0) is 27.0. The molecule has 12 nitrogen and oxygen atoms in total. The third-order valence-electron chi connectivity index (χ3n) is 6.11. The predicted molar refractivity (Wildman–Crippen MR) is 145 cm³/mol. The van der Waals surface area contributed by atoms with Gasteiger partial charge in [-0.15, -0.1) is 10.2 Å². The maximum Gasteiger partial charge on any atom is 0.329 e. The summed E-state index contributed by atoms with van der Waals surface area (Å²) in [7, 11) is 1.46. The van der Waals surface area contributed by atoms with Crippen molar-refractivity contribution in [3.05, 3.63) is 73.3 Å². The van der Waals surface area contributed by atoms with E-state index in [4.69, 9.17) is 4.74 Å². The minimum absolute atomic E-state index is 0.0400. The van der Waals surface area contributed by atoms with Crippen LogP contribution in [0.3, 0.4) is 0 Å². The van der Waals surface area contributed by atoms with Crippen LogP contribution in [0.4, 0.5) is 11.6 Å². The number of rotatable bonds is 8. The molecule has 0 saturated heterocycles. The lowest BCUT2D eigenvalue weighted by Crippen LogP contribution is -2.30. The first kappa shape index (κ1) is 25.4. The van der Waals surface area contributed by atoms with E-state index in [9.17, 15) is 19.8 Å². The highest BCUT2D eigenvalue weighted by Gasteiger charge is 2.21. The number of fused-ring (bicyclic) bond motifs is 2. The van der Waals surface area contributed by atoms with Crippen LogP contribution in [0, 0.1) is 0 Å². The van der Waals surface area contributed by atoms with Crippen LogP contribution in [-0.2, 0) is 20.0 Å². The first-order chi connectivity index (χ1) is 18.2. The van der Waals surface area contributed by atoms with Gasteiger partial charge in [-0.3, -0.25) is 18.9 Å². The van der Waals surface area contributed by atoms with Gasteiger partial charge in [-0.1, -0.05) is 35.0 Å². The molecule has 2 aromatic carbocycles. The maximum absolute atomic E-state index is 12.7. The number of benzene rings is 2. The average Bonchev–Trinajstić information content (AvgIpc) is 3.41. The van der Waals surface area contributed by atoms with Crippen LogP contribution in [0.5, 0.6) is 11.6 Å². The Balaban J connectivity index is 1.50. The summed E-state index contributed by atoms with van der Waals surface area (Å²) in [6.07, 6.45) is -0.153. The fraction of sp³-hybridized carbons (Fsp3) is 0.240. The van der Waals surface area contributed by atoms with Gasteiger partial charge < -0.3 is 19.9 Å². The zero-order valence-electron chi connectivity index (χ0n) is 20.5. The number of aryl methyl sites for hydroxylation is 2. The summed E-state index contributed by atoms with van der Waals surface area (Å²) in [4.78, 5) is 34.3. The molecule has 0 aliphatic heterocycles. The van der Waals surface area contributed by atoms with E-state index in [1.165, 1.54) is 16.2 Å². The maximum atomic E-state index is 12.7. The summed E-state index contributed by atoms with van der Waals surface area (Å²) in [6.45, 7) is 1.87. The summed E-state index contributed by atoms with van der Waals surface area (Å²) in [6, 6.07) is 12.9. The number of aliphatic hydroxyl groups excluding tert-OH is 1. The van der Waals surface area contributed by atoms with Crippen LogP contribution in [0.2, 0.25) is 0 Å². The molecule has 1 unspecified atom stereocenters. The number of ether oxygens (including phenoxy) is 1. The normalized spacial score (nSPS) is 12.6. The number of aromatic nitrogens is 5. The van der Waals surface area contributed by atoms with Gasteiger partial charge in [-0.25, -0.2) is 4.79 Å². The molecule has 13 heteroatoms. The van der Waals surface area contributed by atoms with Crippen LogP contribution in [0.1, 0.15) is 12.5 Å². The van der Waals surface area contributed by atoms with E-state index >= 15 is 0 Å². The first-order valence-corrected chi connectivity index (χ1v) is 12.6. The molecule has 3 aromatic heterocycles. The number of H-pyrrole nitrogens is 2. The highest BCUT2D eigenvalue weighted by Crippen LogP contribution is 2.37. The van der Waals surface area contributed by atoms with Gasteiger partial charge in [-0.2, -0.15) is 4.98 Å². The molecular formula is C25H24BrN7O5. The van der Waals surface area contributed by atoms with Crippen LogP contribution < -0.4 is 16.0 Å². The quantitative estimate of drug-likeness (QED) is 0.204. The fourth-order valence-corrected chi connectivity index (χ4v) is 4.44. The molecule has 5 rings (SSSR count). The molecule has 0 saturated carbocycles. The Labute approximate surface area is 223 Å². The van der Waals surface area contributed by atoms with E-state index in [-0.39, 0.29) is 41.8 Å². The summed E-state index contributed by atoms with van der Waals surface area (Å²) in [5, 5.41) is 30.1. The SMILES string of the molecule is CCc1ccc(OCC(O)Cn2c(N=Nc3c(O)[nH]c4ccc(Br)cc34)nc3c2c(=O)[nH]c(=O)n3C)cc1. The van der Waals surface area contributed by atoms with Crippen molar-refractivity contribution in [1.29, 1.82) is 0 Å². The van der Waals surface area contributed by atoms with E-state index in [1.54, 1.807) is 12.1 Å². The number of aromatic hydroxyl groups is 1. The number of hydrogen-bond donors (Lipinski definition) is 4. The predicted octanol–water partition coefficient (Wildman–Crippen LogP) is 3.79. The lowest BCUT2D eigenvalue weighted by Gasteiger charge is -2.14. The molecule has 3 heterocycles. The van der Waals surface area contributed by atoms with Gasteiger partial charge in [0, 0.05) is 16.9 Å². The molecule has 0 radical (unpaired) electrons. The Bertz CT molecular complexity index is 1780. The Kier molecular flexibility index (Phi) is 6.87. The Morgan fingerprint density at radius 2 is 1.89 bits per heavy atom. The number of nitrogens with zero attached hydrogens (tertiary/aromatic N) is 5. The summed E-state index contributed by atoms with van der Waals surface area (Å²) >= 11 is 3.40. The summed E-state index contributed by atoms with van der Waals surface area (Å²) < 4.78 is 9.03. The topological polar surface area (TPSA) is 163 Å². The first-order valence-electron chi connectivity index (χ1n) is 11.8. The van der Waals surface area contributed by atoms with Crippen LogP contribution >= 0.6 is 15.9 Å². The van der Waals surface area contributed by atoms with Gasteiger partial charge in [0.15, 0.2) is 16.9 Å². The molecule has 0 spiro atoms. The Hall–Kier alpha value is -4.23. The van der Waals surface area contributed by atoms with Crippen LogP contribution in [-0.4, -0.2) is 47.0 Å². The third-order valence-corrected chi connectivity index (χ3v) is 6.60. The smallest absolute Gasteiger partial charge is 0.329 e. The summed E-state index contributed by atoms with van der Waals surface area (Å²) in [5.74, 6) is 0.358.